The van der Waals surface area contributed by atoms with Gasteiger partial charge in [-0.1, -0.05) is 29.8 Å². The smallest absolute Gasteiger partial charge is 0.293 e. The molecule has 9 heteroatoms. The zero-order valence-corrected chi connectivity index (χ0v) is 15.5. The van der Waals surface area contributed by atoms with Crippen LogP contribution in [-0.4, -0.2) is 33.1 Å². The fraction of sp³-hybridized carbons (Fsp3) is 0.263. The van der Waals surface area contributed by atoms with Crippen LogP contribution in [0.2, 0.25) is 5.02 Å². The molecule has 1 saturated heterocycles. The van der Waals surface area contributed by atoms with E-state index in [1.807, 2.05) is 11.0 Å². The van der Waals surface area contributed by atoms with Crippen molar-refractivity contribution >= 4 is 33.9 Å². The highest BCUT2D eigenvalue weighted by molar-refractivity contribution is 6.31. The second kappa shape index (κ2) is 6.88. The van der Waals surface area contributed by atoms with Crippen LogP contribution in [0.15, 0.2) is 47.5 Å². The van der Waals surface area contributed by atoms with Gasteiger partial charge in [0.15, 0.2) is 0 Å². The molecular weight excluding hydrogens is 384 g/mol. The normalized spacial score (nSPS) is 16.3. The number of aliphatic hydroxyl groups is 1. The lowest BCUT2D eigenvalue weighted by Gasteiger charge is -2.39. The van der Waals surface area contributed by atoms with E-state index in [2.05, 4.69) is 9.97 Å². The van der Waals surface area contributed by atoms with Crippen molar-refractivity contribution < 1.29 is 10.0 Å². The fourth-order valence-electron chi connectivity index (χ4n) is 3.72. The summed E-state index contributed by atoms with van der Waals surface area (Å²) in [6.45, 7) is 0.800. The molecular formula is C19H17ClN4O4. The molecule has 0 spiro atoms. The quantitative estimate of drug-likeness (QED) is 0.516. The molecule has 0 aliphatic carbocycles. The molecule has 3 aromatic rings. The van der Waals surface area contributed by atoms with E-state index >= 15 is 0 Å². The van der Waals surface area contributed by atoms with Crippen molar-refractivity contribution in [1.29, 1.82) is 0 Å². The van der Waals surface area contributed by atoms with Crippen LogP contribution in [0.3, 0.4) is 0 Å². The zero-order chi connectivity index (χ0) is 19.9. The van der Waals surface area contributed by atoms with Crippen LogP contribution in [0.25, 0.3) is 10.9 Å². The first kappa shape index (κ1) is 18.4. The lowest BCUT2D eigenvalue weighted by molar-refractivity contribution is -0.384. The summed E-state index contributed by atoms with van der Waals surface area (Å²) in [6.07, 6.45) is 2.01. The molecule has 1 fully saturated rings. The Kier molecular flexibility index (Phi) is 4.52. The van der Waals surface area contributed by atoms with E-state index < -0.39 is 16.1 Å². The van der Waals surface area contributed by atoms with Crippen molar-refractivity contribution in [2.45, 2.75) is 18.4 Å². The predicted octanol–water partition coefficient (Wildman–Crippen LogP) is 2.97. The maximum absolute atomic E-state index is 11.9. The number of hydrogen-bond acceptors (Lipinski definition) is 6. The van der Waals surface area contributed by atoms with Crippen molar-refractivity contribution in [1.82, 2.24) is 9.97 Å². The van der Waals surface area contributed by atoms with Crippen molar-refractivity contribution in [3.8, 4) is 0 Å². The Labute approximate surface area is 164 Å². The molecule has 0 radical (unpaired) electrons. The van der Waals surface area contributed by atoms with Crippen molar-refractivity contribution in [3.63, 3.8) is 0 Å². The molecule has 1 aromatic heterocycles. The molecule has 1 aliphatic heterocycles. The first-order chi connectivity index (χ1) is 13.4. The monoisotopic (exact) mass is 400 g/mol. The molecule has 8 nitrogen and oxygen atoms in total. The number of nitrogens with zero attached hydrogens (tertiary/aromatic N) is 3. The highest BCUT2D eigenvalue weighted by Gasteiger charge is 2.37. The van der Waals surface area contributed by atoms with Crippen LogP contribution >= 0.6 is 11.6 Å². The number of nitro groups is 1. The topological polar surface area (TPSA) is 112 Å². The number of rotatable bonds is 3. The number of aromatic nitrogens is 2. The maximum Gasteiger partial charge on any atom is 0.293 e. The number of aromatic amines is 1. The van der Waals surface area contributed by atoms with Crippen molar-refractivity contribution in [3.05, 3.63) is 73.8 Å². The summed E-state index contributed by atoms with van der Waals surface area (Å²) < 4.78 is 0. The summed E-state index contributed by atoms with van der Waals surface area (Å²) in [5.41, 5.74) is -0.234. The fourth-order valence-corrected chi connectivity index (χ4v) is 4.03. The standard InChI is InChI=1S/C19H17ClN4O4/c20-14-4-2-1-3-13(14)19(26)5-7-23(8-6-19)16-10-15-12(9-17(16)24(27)28)18(25)22-11-21-15/h1-4,9-11,26H,5-8H2,(H,21,22,25). The van der Waals surface area contributed by atoms with Gasteiger partial charge in [-0.05, 0) is 25.0 Å². The van der Waals surface area contributed by atoms with E-state index in [1.54, 1.807) is 24.3 Å². The lowest BCUT2D eigenvalue weighted by Crippen LogP contribution is -2.43. The predicted molar refractivity (Wildman–Crippen MR) is 106 cm³/mol. The average molecular weight is 401 g/mol. The minimum absolute atomic E-state index is 0.158. The summed E-state index contributed by atoms with van der Waals surface area (Å²) in [6, 6.07) is 9.97. The number of nitro benzene ring substituents is 1. The van der Waals surface area contributed by atoms with E-state index in [4.69, 9.17) is 11.6 Å². The second-order valence-corrected chi connectivity index (χ2v) is 7.25. The number of anilines is 1. The molecule has 0 unspecified atom stereocenters. The van der Waals surface area contributed by atoms with Gasteiger partial charge >= 0.3 is 0 Å². The van der Waals surface area contributed by atoms with Crippen LogP contribution in [0, 0.1) is 10.1 Å². The van der Waals surface area contributed by atoms with Gasteiger partial charge in [0.1, 0.15) is 5.69 Å². The Morgan fingerprint density at radius 2 is 1.96 bits per heavy atom. The first-order valence-electron chi connectivity index (χ1n) is 8.77. The molecule has 0 bridgehead atoms. The van der Waals surface area contributed by atoms with Gasteiger partial charge in [-0.2, -0.15) is 0 Å². The zero-order valence-electron chi connectivity index (χ0n) is 14.8. The molecule has 2 N–H and O–H groups in total. The molecule has 0 amide bonds. The van der Waals surface area contributed by atoms with Crippen LogP contribution in [0.1, 0.15) is 18.4 Å². The molecule has 1 aliphatic rings. The van der Waals surface area contributed by atoms with Crippen LogP contribution < -0.4 is 10.5 Å². The van der Waals surface area contributed by atoms with Crippen molar-refractivity contribution in [2.75, 3.05) is 18.0 Å². The lowest BCUT2D eigenvalue weighted by atomic mass is 9.84. The number of nitrogens with one attached hydrogen (secondary N) is 1. The minimum Gasteiger partial charge on any atom is -0.385 e. The first-order valence-corrected chi connectivity index (χ1v) is 9.15. The summed E-state index contributed by atoms with van der Waals surface area (Å²) in [7, 11) is 0. The van der Waals surface area contributed by atoms with Gasteiger partial charge in [-0.3, -0.25) is 14.9 Å². The van der Waals surface area contributed by atoms with Gasteiger partial charge in [0.05, 0.1) is 27.8 Å². The molecule has 144 valence electrons. The highest BCUT2D eigenvalue weighted by atomic mass is 35.5. The summed E-state index contributed by atoms with van der Waals surface area (Å²) >= 11 is 6.24. The Morgan fingerprint density at radius 3 is 2.64 bits per heavy atom. The third-order valence-corrected chi connectivity index (χ3v) is 5.57. The number of halogens is 1. The average Bonchev–Trinajstić information content (AvgIpc) is 2.68. The van der Waals surface area contributed by atoms with Crippen LogP contribution in [0.5, 0.6) is 0 Å². The van der Waals surface area contributed by atoms with E-state index in [0.717, 1.165) is 0 Å². The summed E-state index contributed by atoms with van der Waals surface area (Å²) in [5.74, 6) is 0. The van der Waals surface area contributed by atoms with Crippen molar-refractivity contribution in [2.24, 2.45) is 0 Å². The molecule has 4 rings (SSSR count). The van der Waals surface area contributed by atoms with Gasteiger partial charge in [-0.25, -0.2) is 4.98 Å². The minimum atomic E-state index is -1.09. The Bertz CT molecular complexity index is 1120. The second-order valence-electron chi connectivity index (χ2n) is 6.85. The Balaban J connectivity index is 1.69. The van der Waals surface area contributed by atoms with E-state index in [1.165, 1.54) is 12.4 Å². The largest absolute Gasteiger partial charge is 0.385 e. The van der Waals surface area contributed by atoms with Crippen LogP contribution in [0.4, 0.5) is 11.4 Å². The van der Waals surface area contributed by atoms with Crippen LogP contribution in [-0.2, 0) is 5.60 Å². The molecule has 0 atom stereocenters. The van der Waals surface area contributed by atoms with Gasteiger partial charge in [-0.15, -0.1) is 0 Å². The number of H-pyrrole nitrogens is 1. The molecule has 2 aromatic carbocycles. The van der Waals surface area contributed by atoms with Gasteiger partial charge in [0, 0.05) is 29.7 Å². The van der Waals surface area contributed by atoms with E-state index in [-0.39, 0.29) is 11.1 Å². The summed E-state index contributed by atoms with van der Waals surface area (Å²) in [5, 5.41) is 23.3. The van der Waals surface area contributed by atoms with E-state index in [9.17, 15) is 20.0 Å². The Hall–Kier alpha value is -2.97. The van der Waals surface area contributed by atoms with Gasteiger partial charge < -0.3 is 15.0 Å². The molecule has 28 heavy (non-hydrogen) atoms. The highest BCUT2D eigenvalue weighted by Crippen LogP contribution is 2.40. The molecule has 2 heterocycles. The van der Waals surface area contributed by atoms with E-state index in [0.29, 0.717) is 47.7 Å². The third-order valence-electron chi connectivity index (χ3n) is 5.24. The summed E-state index contributed by atoms with van der Waals surface area (Å²) in [4.78, 5) is 31.4. The molecule has 0 saturated carbocycles. The van der Waals surface area contributed by atoms with Gasteiger partial charge in [0.25, 0.3) is 11.2 Å². The number of benzene rings is 2. The maximum atomic E-state index is 11.9. The number of piperidine rings is 1. The third kappa shape index (κ3) is 3.10. The number of hydrogen-bond donors (Lipinski definition) is 2. The van der Waals surface area contributed by atoms with Gasteiger partial charge in [0.2, 0.25) is 0 Å². The Morgan fingerprint density at radius 1 is 1.25 bits per heavy atom. The number of fused-ring (bicyclic) bond motifs is 1. The SMILES string of the molecule is O=c1[nH]cnc2cc(N3CCC(O)(c4ccccc4Cl)CC3)c([N+](=O)[O-])cc12.